The second kappa shape index (κ2) is 6.95. The molecule has 98 valence electrons. The molecule has 18 heavy (non-hydrogen) atoms. The fourth-order valence-corrected chi connectivity index (χ4v) is 1.71. The maximum atomic E-state index is 11.6. The number of nitrogens with one attached hydrogen (secondary N) is 2. The Morgan fingerprint density at radius 2 is 2.22 bits per heavy atom. The van der Waals surface area contributed by atoms with E-state index in [1.54, 1.807) is 12.3 Å². The standard InChI is InChI=1S/C11H14BrN3O3/c1-2-8(4-10(16)17)14-11(18)15-9-3-7(12)5-13-6-9/h3,5-6,8H,2,4H2,1H3,(H,16,17)(H2,14,15,18). The maximum Gasteiger partial charge on any atom is 0.319 e. The fourth-order valence-electron chi connectivity index (χ4n) is 1.34. The van der Waals surface area contributed by atoms with Crippen molar-refractivity contribution in [3.05, 3.63) is 22.9 Å². The van der Waals surface area contributed by atoms with E-state index in [9.17, 15) is 9.59 Å². The Bertz CT molecular complexity index is 439. The number of halogens is 1. The summed E-state index contributed by atoms with van der Waals surface area (Å²) in [4.78, 5) is 26.1. The molecule has 0 aliphatic heterocycles. The van der Waals surface area contributed by atoms with Gasteiger partial charge in [-0.1, -0.05) is 6.92 Å². The Hall–Kier alpha value is -1.63. The van der Waals surface area contributed by atoms with Crippen molar-refractivity contribution >= 4 is 33.6 Å². The molecular weight excluding hydrogens is 302 g/mol. The van der Waals surface area contributed by atoms with Gasteiger partial charge >= 0.3 is 12.0 Å². The minimum absolute atomic E-state index is 0.0966. The fraction of sp³-hybridized carbons (Fsp3) is 0.364. The van der Waals surface area contributed by atoms with Crippen molar-refractivity contribution in [1.29, 1.82) is 0 Å². The number of carboxylic acid groups (broad SMARTS) is 1. The number of carboxylic acids is 1. The zero-order valence-electron chi connectivity index (χ0n) is 9.81. The van der Waals surface area contributed by atoms with Gasteiger partial charge in [0.15, 0.2) is 0 Å². The van der Waals surface area contributed by atoms with Gasteiger partial charge in [-0.15, -0.1) is 0 Å². The van der Waals surface area contributed by atoms with Crippen molar-refractivity contribution in [2.24, 2.45) is 0 Å². The molecule has 0 bridgehead atoms. The number of aliphatic carboxylic acids is 1. The zero-order valence-corrected chi connectivity index (χ0v) is 11.4. The van der Waals surface area contributed by atoms with Crippen LogP contribution >= 0.6 is 15.9 Å². The lowest BCUT2D eigenvalue weighted by Gasteiger charge is -2.15. The highest BCUT2D eigenvalue weighted by Gasteiger charge is 2.13. The summed E-state index contributed by atoms with van der Waals surface area (Å²) in [6.45, 7) is 1.81. The highest BCUT2D eigenvalue weighted by Crippen LogP contribution is 2.13. The highest BCUT2D eigenvalue weighted by atomic mass is 79.9. The lowest BCUT2D eigenvalue weighted by atomic mass is 10.1. The molecule has 1 aromatic heterocycles. The third kappa shape index (κ3) is 5.13. The van der Waals surface area contributed by atoms with Gasteiger partial charge in [0.2, 0.25) is 0 Å². The first-order chi connectivity index (χ1) is 8.51. The summed E-state index contributed by atoms with van der Waals surface area (Å²) >= 11 is 3.24. The van der Waals surface area contributed by atoms with Crippen LogP contribution in [0.3, 0.4) is 0 Å². The van der Waals surface area contributed by atoms with E-state index in [4.69, 9.17) is 5.11 Å². The number of hydrogen-bond donors (Lipinski definition) is 3. The predicted molar refractivity (Wildman–Crippen MR) is 70.4 cm³/mol. The number of carbonyl (C=O) groups excluding carboxylic acids is 1. The Labute approximate surface area is 113 Å². The Balaban J connectivity index is 2.52. The number of nitrogens with zero attached hydrogens (tertiary/aromatic N) is 1. The summed E-state index contributed by atoms with van der Waals surface area (Å²) in [7, 11) is 0. The third-order valence-electron chi connectivity index (χ3n) is 2.21. The minimum Gasteiger partial charge on any atom is -0.481 e. The normalized spacial score (nSPS) is 11.7. The number of urea groups is 1. The van der Waals surface area contributed by atoms with Gasteiger partial charge in [-0.2, -0.15) is 0 Å². The van der Waals surface area contributed by atoms with Crippen LogP contribution in [-0.4, -0.2) is 28.1 Å². The van der Waals surface area contributed by atoms with Gasteiger partial charge in [0, 0.05) is 16.7 Å². The molecule has 0 saturated carbocycles. The molecule has 0 fully saturated rings. The number of amides is 2. The van der Waals surface area contributed by atoms with Gasteiger partial charge in [-0.05, 0) is 28.4 Å². The lowest BCUT2D eigenvalue weighted by molar-refractivity contribution is -0.137. The highest BCUT2D eigenvalue weighted by molar-refractivity contribution is 9.10. The first-order valence-corrected chi connectivity index (χ1v) is 6.20. The Kier molecular flexibility index (Phi) is 5.57. The van der Waals surface area contributed by atoms with E-state index >= 15 is 0 Å². The van der Waals surface area contributed by atoms with Crippen molar-refractivity contribution in [3.63, 3.8) is 0 Å². The molecular formula is C11H14BrN3O3. The third-order valence-corrected chi connectivity index (χ3v) is 2.65. The van der Waals surface area contributed by atoms with Crippen LogP contribution in [0.25, 0.3) is 0 Å². The van der Waals surface area contributed by atoms with E-state index in [1.807, 2.05) is 6.92 Å². The van der Waals surface area contributed by atoms with E-state index in [-0.39, 0.29) is 12.5 Å². The van der Waals surface area contributed by atoms with Crippen LogP contribution in [0.1, 0.15) is 19.8 Å². The van der Waals surface area contributed by atoms with Gasteiger partial charge in [-0.25, -0.2) is 4.79 Å². The van der Waals surface area contributed by atoms with Crippen LogP contribution in [0.5, 0.6) is 0 Å². The molecule has 2 amide bonds. The molecule has 0 aliphatic rings. The minimum atomic E-state index is -0.939. The molecule has 1 rings (SSSR count). The summed E-state index contributed by atoms with van der Waals surface area (Å²) in [5.74, 6) is -0.939. The zero-order chi connectivity index (χ0) is 13.5. The molecule has 0 aliphatic carbocycles. The van der Waals surface area contributed by atoms with Crippen LogP contribution in [0.15, 0.2) is 22.9 Å². The smallest absolute Gasteiger partial charge is 0.319 e. The Morgan fingerprint density at radius 3 is 2.78 bits per heavy atom. The first-order valence-electron chi connectivity index (χ1n) is 5.41. The average Bonchev–Trinajstić information content (AvgIpc) is 2.27. The van der Waals surface area contributed by atoms with Crippen LogP contribution in [-0.2, 0) is 4.79 Å². The van der Waals surface area contributed by atoms with Gasteiger partial charge in [-0.3, -0.25) is 9.78 Å². The molecule has 1 aromatic rings. The van der Waals surface area contributed by atoms with Crippen LogP contribution in [0.2, 0.25) is 0 Å². The number of anilines is 1. The molecule has 0 aromatic carbocycles. The van der Waals surface area contributed by atoms with E-state index in [1.165, 1.54) is 6.20 Å². The molecule has 6 nitrogen and oxygen atoms in total. The number of hydrogen-bond acceptors (Lipinski definition) is 3. The predicted octanol–water partition coefficient (Wildman–Crippen LogP) is 2.22. The monoisotopic (exact) mass is 315 g/mol. The largest absolute Gasteiger partial charge is 0.481 e. The molecule has 3 N–H and O–H groups in total. The van der Waals surface area contributed by atoms with E-state index in [0.29, 0.717) is 12.1 Å². The van der Waals surface area contributed by atoms with E-state index in [0.717, 1.165) is 4.47 Å². The molecule has 0 radical (unpaired) electrons. The van der Waals surface area contributed by atoms with E-state index < -0.39 is 12.0 Å². The molecule has 1 unspecified atom stereocenters. The molecule has 0 saturated heterocycles. The van der Waals surface area contributed by atoms with Gasteiger partial charge in [0.1, 0.15) is 0 Å². The summed E-state index contributed by atoms with van der Waals surface area (Å²) in [5, 5.41) is 13.8. The summed E-state index contributed by atoms with van der Waals surface area (Å²) in [6, 6.07) is 0.871. The molecule has 1 atom stereocenters. The quantitative estimate of drug-likeness (QED) is 0.777. The van der Waals surface area contributed by atoms with Crippen molar-refractivity contribution in [2.75, 3.05) is 5.32 Å². The van der Waals surface area contributed by atoms with Crippen molar-refractivity contribution in [2.45, 2.75) is 25.8 Å². The van der Waals surface area contributed by atoms with Gasteiger partial charge < -0.3 is 15.7 Å². The summed E-state index contributed by atoms with van der Waals surface area (Å²) < 4.78 is 0.748. The van der Waals surface area contributed by atoms with Crippen molar-refractivity contribution < 1.29 is 14.7 Å². The van der Waals surface area contributed by atoms with Crippen LogP contribution < -0.4 is 10.6 Å². The second-order valence-corrected chi connectivity index (χ2v) is 4.61. The van der Waals surface area contributed by atoms with Crippen LogP contribution in [0.4, 0.5) is 10.5 Å². The maximum absolute atomic E-state index is 11.6. The topological polar surface area (TPSA) is 91.3 Å². The molecule has 7 heteroatoms. The SMILES string of the molecule is CCC(CC(=O)O)NC(=O)Nc1cncc(Br)c1. The number of pyridine rings is 1. The van der Waals surface area contributed by atoms with Crippen molar-refractivity contribution in [1.82, 2.24) is 10.3 Å². The summed E-state index contributed by atoms with van der Waals surface area (Å²) in [5.41, 5.74) is 0.534. The van der Waals surface area contributed by atoms with Crippen molar-refractivity contribution in [3.8, 4) is 0 Å². The van der Waals surface area contributed by atoms with E-state index in [2.05, 4.69) is 31.5 Å². The first kappa shape index (κ1) is 14.4. The average molecular weight is 316 g/mol. The number of rotatable bonds is 5. The molecule has 0 spiro atoms. The van der Waals surface area contributed by atoms with Crippen LogP contribution in [0, 0.1) is 0 Å². The Morgan fingerprint density at radius 1 is 1.50 bits per heavy atom. The molecule has 1 heterocycles. The summed E-state index contributed by atoms with van der Waals surface area (Å²) in [6.07, 6.45) is 3.56. The number of aromatic nitrogens is 1. The van der Waals surface area contributed by atoms with Gasteiger partial charge in [0.25, 0.3) is 0 Å². The van der Waals surface area contributed by atoms with Gasteiger partial charge in [0.05, 0.1) is 18.3 Å². The second-order valence-electron chi connectivity index (χ2n) is 3.69. The number of carbonyl (C=O) groups is 2. The lowest BCUT2D eigenvalue weighted by Crippen LogP contribution is -2.38.